The molecule has 0 N–H and O–H groups in total. The van der Waals surface area contributed by atoms with Crippen LogP contribution in [0.3, 0.4) is 0 Å². The number of nitrogens with zero attached hydrogens (tertiary/aromatic N) is 5. The number of aromatic nitrogens is 2. The molecule has 1 unspecified atom stereocenters. The Labute approximate surface area is 152 Å². The highest BCUT2D eigenvalue weighted by Gasteiger charge is 2.47. The number of benzene rings is 1. The molecule has 10 heteroatoms. The minimum absolute atomic E-state index is 0.0966. The van der Waals surface area contributed by atoms with Crippen molar-refractivity contribution in [3.63, 3.8) is 0 Å². The van der Waals surface area contributed by atoms with Crippen LogP contribution in [0.25, 0.3) is 10.9 Å². The van der Waals surface area contributed by atoms with Crippen LogP contribution in [0.1, 0.15) is 12.7 Å². The lowest BCUT2D eigenvalue weighted by Crippen LogP contribution is -2.53. The van der Waals surface area contributed by atoms with Gasteiger partial charge in [-0.3, -0.25) is 9.69 Å². The second kappa shape index (κ2) is 6.07. The summed E-state index contributed by atoms with van der Waals surface area (Å²) in [6.45, 7) is 2.59. The highest BCUT2D eigenvalue weighted by atomic mass is 19.4. The summed E-state index contributed by atoms with van der Waals surface area (Å²) in [7, 11) is 0. The molecule has 142 valence electrons. The van der Waals surface area contributed by atoms with E-state index in [1.165, 1.54) is 11.0 Å². The first-order valence-corrected chi connectivity index (χ1v) is 8.52. The molecule has 1 aromatic carbocycles. The summed E-state index contributed by atoms with van der Waals surface area (Å²) < 4.78 is 39.7. The zero-order valence-electron chi connectivity index (χ0n) is 14.4. The number of hydrogen-bond donors (Lipinski definition) is 0. The number of amides is 3. The molecular weight excluding hydrogens is 363 g/mol. The third-order valence-corrected chi connectivity index (χ3v) is 4.86. The molecule has 2 aliphatic heterocycles. The van der Waals surface area contributed by atoms with Crippen molar-refractivity contribution in [2.75, 3.05) is 31.1 Å². The van der Waals surface area contributed by atoms with Crippen molar-refractivity contribution in [2.45, 2.75) is 19.1 Å². The molecule has 2 saturated heterocycles. The van der Waals surface area contributed by atoms with E-state index in [1.54, 1.807) is 30.0 Å². The molecular formula is C17H16F3N5O2. The normalized spacial score (nSPS) is 20.6. The smallest absolute Gasteiger partial charge is 0.352 e. The lowest BCUT2D eigenvalue weighted by atomic mass is 10.1. The molecule has 4 rings (SSSR count). The quantitative estimate of drug-likeness (QED) is 0.748. The minimum Gasteiger partial charge on any atom is -0.352 e. The Bertz CT molecular complexity index is 932. The van der Waals surface area contributed by atoms with Gasteiger partial charge < -0.3 is 9.80 Å². The lowest BCUT2D eigenvalue weighted by Gasteiger charge is -2.36. The first-order valence-electron chi connectivity index (χ1n) is 8.52. The fourth-order valence-corrected chi connectivity index (χ4v) is 3.56. The number of fused-ring (bicyclic) bond motifs is 2. The topological polar surface area (TPSA) is 69.6 Å². The van der Waals surface area contributed by atoms with E-state index in [9.17, 15) is 22.8 Å². The molecule has 27 heavy (non-hydrogen) atoms. The van der Waals surface area contributed by atoms with Crippen molar-refractivity contribution >= 4 is 28.7 Å². The number of halogens is 3. The average molecular weight is 379 g/mol. The van der Waals surface area contributed by atoms with Crippen molar-refractivity contribution < 1.29 is 22.8 Å². The van der Waals surface area contributed by atoms with Crippen LogP contribution in [0.2, 0.25) is 0 Å². The third-order valence-electron chi connectivity index (χ3n) is 4.86. The van der Waals surface area contributed by atoms with E-state index in [0.29, 0.717) is 5.39 Å². The molecule has 1 aromatic heterocycles. The highest BCUT2D eigenvalue weighted by molar-refractivity contribution is 6.05. The number of para-hydroxylation sites is 1. The Hall–Kier alpha value is -2.91. The van der Waals surface area contributed by atoms with E-state index < -0.39 is 18.0 Å². The fourth-order valence-electron chi connectivity index (χ4n) is 3.56. The first-order chi connectivity index (χ1) is 12.8. The maximum absolute atomic E-state index is 13.2. The number of likely N-dealkylation sites (N-methyl/N-ethyl adjacent to an activating group) is 1. The summed E-state index contributed by atoms with van der Waals surface area (Å²) in [5, 5.41) is 0.475. The largest absolute Gasteiger partial charge is 0.451 e. The van der Waals surface area contributed by atoms with Gasteiger partial charge in [0.25, 0.3) is 5.91 Å². The van der Waals surface area contributed by atoms with E-state index >= 15 is 0 Å². The van der Waals surface area contributed by atoms with Gasteiger partial charge in [-0.2, -0.15) is 13.2 Å². The van der Waals surface area contributed by atoms with Gasteiger partial charge in [0.2, 0.25) is 5.82 Å². The van der Waals surface area contributed by atoms with E-state index in [-0.39, 0.29) is 49.5 Å². The predicted octanol–water partition coefficient (Wildman–Crippen LogP) is 2.12. The van der Waals surface area contributed by atoms with E-state index in [0.717, 1.165) is 4.90 Å². The fraction of sp³-hybridized carbons (Fsp3) is 0.412. The summed E-state index contributed by atoms with van der Waals surface area (Å²) in [5.74, 6) is -1.42. The molecule has 0 bridgehead atoms. The van der Waals surface area contributed by atoms with Gasteiger partial charge in [-0.05, 0) is 19.1 Å². The Kier molecular flexibility index (Phi) is 3.93. The van der Waals surface area contributed by atoms with E-state index in [4.69, 9.17) is 0 Å². The summed E-state index contributed by atoms with van der Waals surface area (Å²) in [6, 6.07) is 5.38. The van der Waals surface area contributed by atoms with Crippen LogP contribution < -0.4 is 4.90 Å². The van der Waals surface area contributed by atoms with Crippen LogP contribution in [0.15, 0.2) is 24.3 Å². The molecule has 0 radical (unpaired) electrons. The number of hydrogen-bond acceptors (Lipinski definition) is 5. The van der Waals surface area contributed by atoms with Gasteiger partial charge in [0, 0.05) is 31.6 Å². The molecule has 2 aliphatic rings. The highest BCUT2D eigenvalue weighted by Crippen LogP contribution is 2.33. The number of anilines is 1. The number of carbonyl (C=O) groups is 2. The number of urea groups is 1. The minimum atomic E-state index is -4.68. The van der Waals surface area contributed by atoms with Gasteiger partial charge in [0.1, 0.15) is 11.9 Å². The number of carbonyl (C=O) groups excluding carboxylic acids is 2. The SMILES string of the molecule is CCN1C(=O)C2CN(c3nc(C(F)(F)F)nc4ccccc34)CCN2C1=O. The Morgan fingerprint density at radius 1 is 1.15 bits per heavy atom. The van der Waals surface area contributed by atoms with Gasteiger partial charge >= 0.3 is 12.2 Å². The van der Waals surface area contributed by atoms with Crippen molar-refractivity contribution in [1.29, 1.82) is 0 Å². The maximum Gasteiger partial charge on any atom is 0.451 e. The Morgan fingerprint density at radius 3 is 2.59 bits per heavy atom. The summed E-state index contributed by atoms with van der Waals surface area (Å²) >= 11 is 0. The van der Waals surface area contributed by atoms with Crippen molar-refractivity contribution in [1.82, 2.24) is 19.8 Å². The van der Waals surface area contributed by atoms with Crippen LogP contribution >= 0.6 is 0 Å². The van der Waals surface area contributed by atoms with Gasteiger partial charge in [-0.15, -0.1) is 0 Å². The van der Waals surface area contributed by atoms with Gasteiger partial charge in [0.15, 0.2) is 0 Å². The zero-order valence-corrected chi connectivity index (χ0v) is 14.4. The summed E-state index contributed by atoms with van der Waals surface area (Å²) in [6.07, 6.45) is -4.68. The molecule has 0 aliphatic carbocycles. The Morgan fingerprint density at radius 2 is 1.89 bits per heavy atom. The molecule has 0 spiro atoms. The molecule has 3 heterocycles. The molecule has 2 fully saturated rings. The molecule has 0 saturated carbocycles. The van der Waals surface area contributed by atoms with E-state index in [2.05, 4.69) is 9.97 Å². The van der Waals surface area contributed by atoms with Crippen LogP contribution in [0, 0.1) is 0 Å². The molecule has 7 nitrogen and oxygen atoms in total. The second-order valence-electron chi connectivity index (χ2n) is 6.41. The van der Waals surface area contributed by atoms with Crippen LogP contribution in [0.4, 0.5) is 23.8 Å². The summed E-state index contributed by atoms with van der Waals surface area (Å²) in [4.78, 5) is 36.4. The van der Waals surface area contributed by atoms with Crippen molar-refractivity contribution in [3.8, 4) is 0 Å². The van der Waals surface area contributed by atoms with Crippen molar-refractivity contribution in [3.05, 3.63) is 30.1 Å². The second-order valence-corrected chi connectivity index (χ2v) is 6.41. The number of piperazine rings is 1. The predicted molar refractivity (Wildman–Crippen MR) is 90.0 cm³/mol. The first kappa shape index (κ1) is 17.5. The number of rotatable bonds is 2. The van der Waals surface area contributed by atoms with Crippen LogP contribution in [-0.4, -0.2) is 63.9 Å². The maximum atomic E-state index is 13.2. The number of alkyl halides is 3. The molecule has 3 amide bonds. The Balaban J connectivity index is 1.75. The van der Waals surface area contributed by atoms with Gasteiger partial charge in [-0.1, -0.05) is 12.1 Å². The van der Waals surface area contributed by atoms with Crippen LogP contribution in [-0.2, 0) is 11.0 Å². The van der Waals surface area contributed by atoms with E-state index in [1.807, 2.05) is 0 Å². The van der Waals surface area contributed by atoms with Crippen LogP contribution in [0.5, 0.6) is 0 Å². The zero-order chi connectivity index (χ0) is 19.3. The van der Waals surface area contributed by atoms with Crippen molar-refractivity contribution in [2.24, 2.45) is 0 Å². The third kappa shape index (κ3) is 2.75. The van der Waals surface area contributed by atoms with Gasteiger partial charge in [-0.25, -0.2) is 14.8 Å². The van der Waals surface area contributed by atoms with Gasteiger partial charge in [0.05, 0.1) is 5.52 Å². The average Bonchev–Trinajstić information content (AvgIpc) is 2.89. The summed E-state index contributed by atoms with van der Waals surface area (Å²) in [5.41, 5.74) is 0.182. The molecule has 1 atom stereocenters. The lowest BCUT2D eigenvalue weighted by molar-refractivity contribution is -0.144. The molecule has 2 aromatic rings. The number of imide groups is 1. The monoisotopic (exact) mass is 379 g/mol. The standard InChI is InChI=1S/C17H16F3N5O2/c1-2-24-14(26)12-9-23(7-8-25(12)16(24)27)13-10-5-3-4-6-11(10)21-15(22-13)17(18,19)20/h3-6,12H,2,7-9H2,1H3.